The van der Waals surface area contributed by atoms with Crippen LogP contribution in [0.3, 0.4) is 0 Å². The van der Waals surface area contributed by atoms with E-state index in [0.29, 0.717) is 11.8 Å². The van der Waals surface area contributed by atoms with E-state index in [0.717, 1.165) is 25.7 Å². The Morgan fingerprint density at radius 3 is 2.33 bits per heavy atom. The zero-order valence-electron chi connectivity index (χ0n) is 13.7. The van der Waals surface area contributed by atoms with Crippen molar-refractivity contribution in [2.75, 3.05) is 0 Å². The topological polar surface area (TPSA) is 78.4 Å². The molecule has 0 bridgehead atoms. The number of nitrogens with one attached hydrogen (secondary N) is 2. The number of amides is 2. The molecule has 2 amide bonds. The molecule has 0 aromatic carbocycles. The lowest BCUT2D eigenvalue weighted by molar-refractivity contribution is -0.140. The molecule has 1 fully saturated rings. The molecule has 1 rings (SSSR count). The first-order chi connectivity index (χ1) is 9.86. The number of carboxylic acids is 1. The third kappa shape index (κ3) is 5.21. The third-order valence-electron chi connectivity index (χ3n) is 4.76. The van der Waals surface area contributed by atoms with Crippen LogP contribution in [0.1, 0.15) is 59.8 Å². The number of carbonyl (C=O) groups is 2. The highest BCUT2D eigenvalue weighted by Gasteiger charge is 2.30. The molecule has 0 heterocycles. The monoisotopic (exact) mass is 298 g/mol. The second-order valence-electron chi connectivity index (χ2n) is 6.62. The van der Waals surface area contributed by atoms with Gasteiger partial charge >= 0.3 is 12.0 Å². The van der Waals surface area contributed by atoms with Gasteiger partial charge in [0, 0.05) is 6.04 Å². The molecule has 0 radical (unpaired) electrons. The van der Waals surface area contributed by atoms with Crippen molar-refractivity contribution in [2.24, 2.45) is 17.8 Å². The molecule has 122 valence electrons. The lowest BCUT2D eigenvalue weighted by Gasteiger charge is -2.35. The van der Waals surface area contributed by atoms with Crippen LogP contribution in [0.25, 0.3) is 0 Å². The fourth-order valence-corrected chi connectivity index (χ4v) is 3.17. The van der Waals surface area contributed by atoms with Gasteiger partial charge < -0.3 is 15.7 Å². The van der Waals surface area contributed by atoms with Gasteiger partial charge in [0.1, 0.15) is 6.04 Å². The zero-order valence-corrected chi connectivity index (χ0v) is 13.7. The molecule has 0 aromatic rings. The van der Waals surface area contributed by atoms with Crippen LogP contribution in [0.2, 0.25) is 0 Å². The highest BCUT2D eigenvalue weighted by molar-refractivity contribution is 5.82. The lowest BCUT2D eigenvalue weighted by Crippen LogP contribution is -2.53. The molecule has 3 N–H and O–H groups in total. The molecular weight excluding hydrogens is 268 g/mol. The first-order valence-corrected chi connectivity index (χ1v) is 8.16. The Balaban J connectivity index is 2.60. The number of carbonyl (C=O) groups excluding carboxylic acids is 1. The molecular formula is C16H30N2O3. The second kappa shape index (κ2) is 8.25. The molecule has 1 aliphatic carbocycles. The van der Waals surface area contributed by atoms with Crippen LogP contribution in [0.15, 0.2) is 0 Å². The Kier molecular flexibility index (Phi) is 6.99. The maximum Gasteiger partial charge on any atom is 0.326 e. The summed E-state index contributed by atoms with van der Waals surface area (Å²) in [4.78, 5) is 23.4. The van der Waals surface area contributed by atoms with Gasteiger partial charge in [0.15, 0.2) is 0 Å². The predicted molar refractivity (Wildman–Crippen MR) is 83.1 cm³/mol. The zero-order chi connectivity index (χ0) is 16.0. The molecule has 1 saturated carbocycles. The highest BCUT2D eigenvalue weighted by Crippen LogP contribution is 2.30. The van der Waals surface area contributed by atoms with E-state index < -0.39 is 12.0 Å². The van der Waals surface area contributed by atoms with Gasteiger partial charge in [0.25, 0.3) is 0 Å². The van der Waals surface area contributed by atoms with Crippen molar-refractivity contribution in [1.82, 2.24) is 10.6 Å². The minimum absolute atomic E-state index is 0.0829. The van der Waals surface area contributed by atoms with E-state index in [1.165, 1.54) is 6.42 Å². The maximum atomic E-state index is 12.1. The van der Waals surface area contributed by atoms with E-state index in [-0.39, 0.29) is 18.0 Å². The number of urea groups is 1. The standard InChI is InChI=1S/C16H30N2O3/c1-5-11(4)14(15(19)20)18-16(21)17-13-9-7-6-8-12(13)10(2)3/h10-14H,5-9H2,1-4H3,(H,19,20)(H2,17,18,21)/t11?,12?,13?,14-/m0/s1. The summed E-state index contributed by atoms with van der Waals surface area (Å²) in [6, 6.07) is -1.01. The summed E-state index contributed by atoms with van der Waals surface area (Å²) in [5, 5.41) is 14.9. The van der Waals surface area contributed by atoms with E-state index in [9.17, 15) is 14.7 Å². The van der Waals surface area contributed by atoms with Crippen molar-refractivity contribution in [3.05, 3.63) is 0 Å². The molecule has 3 unspecified atom stereocenters. The van der Waals surface area contributed by atoms with Gasteiger partial charge in [0.2, 0.25) is 0 Å². The average Bonchev–Trinajstić information content (AvgIpc) is 2.44. The summed E-state index contributed by atoms with van der Waals surface area (Å²) < 4.78 is 0. The summed E-state index contributed by atoms with van der Waals surface area (Å²) in [6.45, 7) is 8.14. The van der Waals surface area contributed by atoms with Crippen LogP contribution in [0.4, 0.5) is 4.79 Å². The van der Waals surface area contributed by atoms with Crippen LogP contribution in [0.5, 0.6) is 0 Å². The van der Waals surface area contributed by atoms with Crippen molar-refractivity contribution in [3.63, 3.8) is 0 Å². The van der Waals surface area contributed by atoms with E-state index in [2.05, 4.69) is 24.5 Å². The summed E-state index contributed by atoms with van der Waals surface area (Å²) in [6.07, 6.45) is 5.18. The van der Waals surface area contributed by atoms with Crippen molar-refractivity contribution in [1.29, 1.82) is 0 Å². The second-order valence-corrected chi connectivity index (χ2v) is 6.62. The molecule has 5 heteroatoms. The molecule has 0 aromatic heterocycles. The first-order valence-electron chi connectivity index (χ1n) is 8.16. The van der Waals surface area contributed by atoms with Crippen molar-refractivity contribution in [3.8, 4) is 0 Å². The summed E-state index contributed by atoms with van der Waals surface area (Å²) >= 11 is 0. The van der Waals surface area contributed by atoms with Crippen molar-refractivity contribution >= 4 is 12.0 Å². The molecule has 1 aliphatic rings. The number of carboxylic acid groups (broad SMARTS) is 1. The van der Waals surface area contributed by atoms with Crippen LogP contribution >= 0.6 is 0 Å². The molecule has 0 spiro atoms. The number of hydrogen-bond acceptors (Lipinski definition) is 2. The summed E-state index contributed by atoms with van der Waals surface area (Å²) in [5.74, 6) is -0.0409. The smallest absolute Gasteiger partial charge is 0.326 e. The highest BCUT2D eigenvalue weighted by atomic mass is 16.4. The van der Waals surface area contributed by atoms with Crippen LogP contribution in [0, 0.1) is 17.8 Å². The van der Waals surface area contributed by atoms with Gasteiger partial charge in [-0.3, -0.25) is 0 Å². The SMILES string of the molecule is CCC(C)[C@H](NC(=O)NC1CCCCC1C(C)C)C(=O)O. The van der Waals surface area contributed by atoms with Crippen molar-refractivity contribution < 1.29 is 14.7 Å². The number of aliphatic carboxylic acids is 1. The minimum atomic E-state index is -0.969. The molecule has 5 nitrogen and oxygen atoms in total. The van der Waals surface area contributed by atoms with Crippen LogP contribution in [-0.2, 0) is 4.79 Å². The Labute approximate surface area is 127 Å². The lowest BCUT2D eigenvalue weighted by atomic mass is 9.78. The van der Waals surface area contributed by atoms with Gasteiger partial charge in [-0.25, -0.2) is 9.59 Å². The number of rotatable bonds is 6. The molecule has 0 saturated heterocycles. The van der Waals surface area contributed by atoms with Gasteiger partial charge in [-0.05, 0) is 30.6 Å². The largest absolute Gasteiger partial charge is 0.480 e. The molecule has 21 heavy (non-hydrogen) atoms. The molecule has 4 atom stereocenters. The Hall–Kier alpha value is -1.26. The van der Waals surface area contributed by atoms with Gasteiger partial charge in [0.05, 0.1) is 0 Å². The van der Waals surface area contributed by atoms with E-state index in [4.69, 9.17) is 0 Å². The van der Waals surface area contributed by atoms with Gasteiger partial charge in [-0.15, -0.1) is 0 Å². The quantitative estimate of drug-likeness (QED) is 0.705. The fourth-order valence-electron chi connectivity index (χ4n) is 3.17. The minimum Gasteiger partial charge on any atom is -0.480 e. The Morgan fingerprint density at radius 1 is 1.19 bits per heavy atom. The van der Waals surface area contributed by atoms with E-state index >= 15 is 0 Å². The third-order valence-corrected chi connectivity index (χ3v) is 4.76. The molecule has 0 aliphatic heterocycles. The Bertz CT molecular complexity index is 357. The maximum absolute atomic E-state index is 12.1. The fraction of sp³-hybridized carbons (Fsp3) is 0.875. The van der Waals surface area contributed by atoms with Crippen LogP contribution in [-0.4, -0.2) is 29.2 Å². The van der Waals surface area contributed by atoms with E-state index in [1.54, 1.807) is 0 Å². The van der Waals surface area contributed by atoms with Gasteiger partial charge in [-0.1, -0.05) is 47.0 Å². The summed E-state index contributed by atoms with van der Waals surface area (Å²) in [7, 11) is 0. The van der Waals surface area contributed by atoms with Gasteiger partial charge in [-0.2, -0.15) is 0 Å². The van der Waals surface area contributed by atoms with Crippen LogP contribution < -0.4 is 10.6 Å². The van der Waals surface area contributed by atoms with Crippen molar-refractivity contribution in [2.45, 2.75) is 71.9 Å². The average molecular weight is 298 g/mol. The predicted octanol–water partition coefficient (Wildman–Crippen LogP) is 3.00. The normalized spacial score (nSPS) is 25.2. The first kappa shape index (κ1) is 17.8. The Morgan fingerprint density at radius 2 is 1.81 bits per heavy atom. The number of hydrogen-bond donors (Lipinski definition) is 3. The van der Waals surface area contributed by atoms with E-state index in [1.807, 2.05) is 13.8 Å². The summed E-state index contributed by atoms with van der Waals surface area (Å²) in [5.41, 5.74) is 0.